The second-order valence-corrected chi connectivity index (χ2v) is 5.76. The first-order valence-electron chi connectivity index (χ1n) is 7.89. The molecule has 5 heteroatoms. The molecule has 1 fully saturated rings. The zero-order valence-electron chi connectivity index (χ0n) is 13.5. The van der Waals surface area contributed by atoms with E-state index in [-0.39, 0.29) is 18.1 Å². The van der Waals surface area contributed by atoms with E-state index >= 15 is 0 Å². The van der Waals surface area contributed by atoms with Crippen molar-refractivity contribution in [1.29, 1.82) is 0 Å². The van der Waals surface area contributed by atoms with Crippen molar-refractivity contribution in [3.63, 3.8) is 0 Å². The summed E-state index contributed by atoms with van der Waals surface area (Å²) in [5, 5.41) is 3.46. The molecule has 1 heterocycles. The normalized spacial score (nSPS) is 23.1. The summed E-state index contributed by atoms with van der Waals surface area (Å²) in [7, 11) is 4.06. The Hall–Kier alpha value is -0.650. The van der Waals surface area contributed by atoms with E-state index in [9.17, 15) is 4.79 Å². The van der Waals surface area contributed by atoms with Gasteiger partial charge in [0.25, 0.3) is 0 Å². The summed E-state index contributed by atoms with van der Waals surface area (Å²) in [6.07, 6.45) is 4.26. The molecule has 2 atom stereocenters. The summed E-state index contributed by atoms with van der Waals surface area (Å²) >= 11 is 0. The van der Waals surface area contributed by atoms with Crippen LogP contribution in [0.3, 0.4) is 0 Å². The van der Waals surface area contributed by atoms with Crippen LogP contribution in [-0.4, -0.2) is 68.3 Å². The van der Waals surface area contributed by atoms with Gasteiger partial charge in [0.05, 0.1) is 25.4 Å². The molecule has 0 radical (unpaired) electrons. The summed E-state index contributed by atoms with van der Waals surface area (Å²) in [5.74, 6) is 0.251. The Balaban J connectivity index is 2.37. The number of carbonyl (C=O) groups is 1. The molecule has 1 saturated heterocycles. The summed E-state index contributed by atoms with van der Waals surface area (Å²) in [4.78, 5) is 16.4. The molecule has 2 unspecified atom stereocenters. The van der Waals surface area contributed by atoms with Gasteiger partial charge in [-0.1, -0.05) is 26.7 Å². The topological polar surface area (TPSA) is 44.8 Å². The van der Waals surface area contributed by atoms with Crippen LogP contribution < -0.4 is 5.32 Å². The van der Waals surface area contributed by atoms with E-state index in [1.165, 1.54) is 0 Å². The molecule has 0 aromatic heterocycles. The van der Waals surface area contributed by atoms with Crippen LogP contribution in [0, 0.1) is 0 Å². The Morgan fingerprint density at radius 3 is 2.50 bits per heavy atom. The average Bonchev–Trinajstić information content (AvgIpc) is 2.67. The maximum atomic E-state index is 12.4. The lowest BCUT2D eigenvalue weighted by molar-refractivity contribution is -0.131. The van der Waals surface area contributed by atoms with Gasteiger partial charge in [-0.2, -0.15) is 0 Å². The van der Waals surface area contributed by atoms with Crippen molar-refractivity contribution < 1.29 is 9.53 Å². The molecule has 1 amide bonds. The Morgan fingerprint density at radius 2 is 1.90 bits per heavy atom. The second kappa shape index (κ2) is 9.32. The number of ether oxygens (including phenoxy) is 1. The number of hydrogen-bond donors (Lipinski definition) is 1. The van der Waals surface area contributed by atoms with Gasteiger partial charge < -0.3 is 14.5 Å². The minimum atomic E-state index is 0.0123. The van der Waals surface area contributed by atoms with Gasteiger partial charge in [-0.05, 0) is 26.9 Å². The van der Waals surface area contributed by atoms with Crippen LogP contribution in [0.4, 0.5) is 0 Å². The van der Waals surface area contributed by atoms with Gasteiger partial charge in [0.15, 0.2) is 0 Å². The van der Waals surface area contributed by atoms with Crippen molar-refractivity contribution in [2.24, 2.45) is 0 Å². The van der Waals surface area contributed by atoms with Crippen molar-refractivity contribution in [2.75, 3.05) is 40.4 Å². The number of nitrogens with zero attached hydrogens (tertiary/aromatic N) is 2. The molecule has 1 aliphatic heterocycles. The number of amides is 1. The molecular weight excluding hydrogens is 254 g/mol. The number of nitrogens with one attached hydrogen (secondary N) is 1. The largest absolute Gasteiger partial charge is 0.378 e. The third-order valence-corrected chi connectivity index (χ3v) is 3.65. The lowest BCUT2D eigenvalue weighted by atomic mass is 10.2. The fraction of sp³-hybridized carbons (Fsp3) is 0.933. The Morgan fingerprint density at radius 1 is 1.20 bits per heavy atom. The highest BCUT2D eigenvalue weighted by molar-refractivity contribution is 5.84. The summed E-state index contributed by atoms with van der Waals surface area (Å²) < 4.78 is 5.61. The highest BCUT2D eigenvalue weighted by Gasteiger charge is 2.37. The minimum absolute atomic E-state index is 0.0123. The molecule has 0 aromatic carbocycles. The van der Waals surface area contributed by atoms with Crippen molar-refractivity contribution in [1.82, 2.24) is 15.1 Å². The highest BCUT2D eigenvalue weighted by Crippen LogP contribution is 2.17. The monoisotopic (exact) mass is 285 g/mol. The van der Waals surface area contributed by atoms with E-state index < -0.39 is 0 Å². The molecule has 118 valence electrons. The molecule has 5 nitrogen and oxygen atoms in total. The predicted octanol–water partition coefficient (Wildman–Crippen LogP) is 1.29. The molecule has 20 heavy (non-hydrogen) atoms. The molecule has 0 bridgehead atoms. The Bertz CT molecular complexity index is 284. The molecule has 1 N–H and O–H groups in total. The van der Waals surface area contributed by atoms with Crippen LogP contribution in [0.1, 0.15) is 39.5 Å². The van der Waals surface area contributed by atoms with Crippen LogP contribution in [0.2, 0.25) is 0 Å². The summed E-state index contributed by atoms with van der Waals surface area (Å²) in [5.41, 5.74) is 0. The number of carbonyl (C=O) groups excluding carboxylic acids is 1. The van der Waals surface area contributed by atoms with Crippen molar-refractivity contribution in [3.05, 3.63) is 0 Å². The van der Waals surface area contributed by atoms with E-state index in [1.54, 1.807) is 0 Å². The van der Waals surface area contributed by atoms with Crippen LogP contribution in [0.25, 0.3) is 0 Å². The van der Waals surface area contributed by atoms with Crippen molar-refractivity contribution in [3.8, 4) is 0 Å². The first kappa shape index (κ1) is 17.4. The number of rotatable bonds is 10. The van der Waals surface area contributed by atoms with Crippen LogP contribution in [0.5, 0.6) is 0 Å². The maximum absolute atomic E-state index is 12.4. The second-order valence-electron chi connectivity index (χ2n) is 5.76. The highest BCUT2D eigenvalue weighted by atomic mass is 16.5. The number of likely N-dealkylation sites (N-methyl/N-ethyl adjacent to an activating group) is 1. The predicted molar refractivity (Wildman–Crippen MR) is 81.6 cm³/mol. The summed E-state index contributed by atoms with van der Waals surface area (Å²) in [6, 6.07) is 0.0123. The maximum Gasteiger partial charge on any atom is 0.241 e. The van der Waals surface area contributed by atoms with Gasteiger partial charge in [-0.15, -0.1) is 0 Å². The zero-order chi connectivity index (χ0) is 15.0. The third kappa shape index (κ3) is 5.38. The number of hydrogen-bond acceptors (Lipinski definition) is 4. The molecule has 0 saturated carbocycles. The smallest absolute Gasteiger partial charge is 0.241 e. The quantitative estimate of drug-likeness (QED) is 0.614. The molecule has 1 aliphatic rings. The van der Waals surface area contributed by atoms with Gasteiger partial charge in [-0.25, -0.2) is 0 Å². The molecular formula is C15H31N3O2. The van der Waals surface area contributed by atoms with Crippen LogP contribution in [-0.2, 0) is 9.53 Å². The van der Waals surface area contributed by atoms with E-state index in [2.05, 4.69) is 24.1 Å². The van der Waals surface area contributed by atoms with Gasteiger partial charge in [-0.3, -0.25) is 10.1 Å². The molecule has 0 aliphatic carbocycles. The fourth-order valence-corrected chi connectivity index (χ4v) is 2.53. The standard InChI is InChI=1S/C15H31N3O2/c1-5-7-13-15(19)18(14(16-13)8-6-2)10-12-20-11-9-17(3)4/h13-14,16H,5-12H2,1-4H3. The van der Waals surface area contributed by atoms with E-state index in [1.807, 2.05) is 19.0 Å². The van der Waals surface area contributed by atoms with Gasteiger partial charge in [0.1, 0.15) is 0 Å². The third-order valence-electron chi connectivity index (χ3n) is 3.65. The lowest BCUT2D eigenvalue weighted by Crippen LogP contribution is -2.39. The lowest BCUT2D eigenvalue weighted by Gasteiger charge is -2.23. The van der Waals surface area contributed by atoms with Gasteiger partial charge in [0, 0.05) is 13.1 Å². The van der Waals surface area contributed by atoms with Crippen LogP contribution in [0.15, 0.2) is 0 Å². The van der Waals surface area contributed by atoms with E-state index in [4.69, 9.17) is 4.74 Å². The Labute approximate surface area is 123 Å². The SMILES string of the molecule is CCCC1NC(CCC)N(CCOCCN(C)C)C1=O. The van der Waals surface area contributed by atoms with Crippen LogP contribution >= 0.6 is 0 Å². The van der Waals surface area contributed by atoms with E-state index in [0.717, 1.165) is 38.8 Å². The van der Waals surface area contributed by atoms with Gasteiger partial charge >= 0.3 is 0 Å². The van der Waals surface area contributed by atoms with Crippen molar-refractivity contribution >= 4 is 5.91 Å². The Kier molecular flexibility index (Phi) is 8.11. The summed E-state index contributed by atoms with van der Waals surface area (Å²) in [6.45, 7) is 7.24. The first-order chi connectivity index (χ1) is 9.60. The van der Waals surface area contributed by atoms with E-state index in [0.29, 0.717) is 13.2 Å². The minimum Gasteiger partial charge on any atom is -0.378 e. The first-order valence-corrected chi connectivity index (χ1v) is 7.89. The fourth-order valence-electron chi connectivity index (χ4n) is 2.53. The zero-order valence-corrected chi connectivity index (χ0v) is 13.5. The average molecular weight is 285 g/mol. The van der Waals surface area contributed by atoms with Crippen molar-refractivity contribution in [2.45, 2.75) is 51.7 Å². The molecule has 0 spiro atoms. The molecule has 0 aromatic rings. The van der Waals surface area contributed by atoms with Gasteiger partial charge in [0.2, 0.25) is 5.91 Å². The molecule has 1 rings (SSSR count).